The molecule has 0 radical (unpaired) electrons. The molecule has 3 fully saturated rings. The standard InChI is InChI=1S/C34H45N3OS.C2H5NO2.H2/c1-24(27-17-18-27)39-25(2)30-11-8-12-32(21-30)37(34(38)29-9-6-5-7-10-29)23-26-13-15-28(16-14-26)31-19-20-33(35-22-31)36(3)4;1-3-2(4)5;/h8,11-12,19-22,26-29H,1-2,5-7,9-10,13-18,23H2,3-4H3;3H,1H3,(H,4,5);1H. The van der Waals surface area contributed by atoms with Gasteiger partial charge in [0.1, 0.15) is 5.82 Å². The van der Waals surface area contributed by atoms with Gasteiger partial charge in [0.2, 0.25) is 5.91 Å². The quantitative estimate of drug-likeness (QED) is 0.276. The molecule has 3 aliphatic rings. The van der Waals surface area contributed by atoms with Crippen molar-refractivity contribution in [2.45, 2.75) is 76.5 Å². The molecule has 0 bridgehead atoms. The first-order valence-corrected chi connectivity index (χ1v) is 17.0. The van der Waals surface area contributed by atoms with Crippen LogP contribution >= 0.6 is 11.8 Å². The summed E-state index contributed by atoms with van der Waals surface area (Å²) in [4.78, 5) is 34.3. The molecule has 3 saturated carbocycles. The average Bonchev–Trinajstić information content (AvgIpc) is 3.90. The summed E-state index contributed by atoms with van der Waals surface area (Å²) in [6, 6.07) is 12.9. The van der Waals surface area contributed by atoms with Crippen LogP contribution in [0.25, 0.3) is 4.91 Å². The Hall–Kier alpha value is -3.26. The van der Waals surface area contributed by atoms with E-state index in [2.05, 4.69) is 65.6 Å². The summed E-state index contributed by atoms with van der Waals surface area (Å²) in [5, 5.41) is 9.56. The number of hydrogen-bond acceptors (Lipinski definition) is 5. The zero-order valence-corrected chi connectivity index (χ0v) is 27.6. The molecule has 2 N–H and O–H groups in total. The van der Waals surface area contributed by atoms with E-state index < -0.39 is 6.09 Å². The minimum atomic E-state index is -0.995. The fourth-order valence-electron chi connectivity index (χ4n) is 6.29. The fraction of sp³-hybridized carbons (Fsp3) is 0.528. The molecule has 0 spiro atoms. The Morgan fingerprint density at radius 3 is 2.23 bits per heavy atom. The molecule has 0 aliphatic heterocycles. The average molecular weight is 621 g/mol. The molecule has 5 rings (SSSR count). The highest BCUT2D eigenvalue weighted by molar-refractivity contribution is 8.11. The Bertz CT molecular complexity index is 1280. The third-order valence-corrected chi connectivity index (χ3v) is 10.3. The lowest BCUT2D eigenvalue weighted by Gasteiger charge is -2.35. The van der Waals surface area contributed by atoms with Gasteiger partial charge in [-0.1, -0.05) is 62.4 Å². The van der Waals surface area contributed by atoms with Crippen LogP contribution in [0.15, 0.2) is 60.7 Å². The Morgan fingerprint density at radius 1 is 0.977 bits per heavy atom. The van der Waals surface area contributed by atoms with Crippen LogP contribution in [0.4, 0.5) is 16.3 Å². The first-order chi connectivity index (χ1) is 21.2. The number of allylic oxidation sites excluding steroid dienone is 1. The van der Waals surface area contributed by atoms with Gasteiger partial charge in [0.05, 0.1) is 0 Å². The van der Waals surface area contributed by atoms with E-state index >= 15 is 0 Å². The first kappa shape index (κ1) is 33.6. The van der Waals surface area contributed by atoms with Crippen molar-refractivity contribution in [1.82, 2.24) is 10.3 Å². The lowest BCUT2D eigenvalue weighted by molar-refractivity contribution is -0.123. The number of carbonyl (C=O) groups excluding carboxylic acids is 1. The second-order valence-electron chi connectivity index (χ2n) is 12.7. The fourth-order valence-corrected chi connectivity index (χ4v) is 7.25. The predicted molar refractivity (Wildman–Crippen MR) is 186 cm³/mol. The number of nitrogens with one attached hydrogen (secondary N) is 1. The number of carbonyl (C=O) groups is 2. The van der Waals surface area contributed by atoms with Crippen LogP contribution in [0, 0.1) is 17.8 Å². The maximum Gasteiger partial charge on any atom is 0.404 e. The van der Waals surface area contributed by atoms with Crippen LogP contribution in [0.5, 0.6) is 0 Å². The van der Waals surface area contributed by atoms with Gasteiger partial charge in [-0.15, -0.1) is 0 Å². The summed E-state index contributed by atoms with van der Waals surface area (Å²) < 4.78 is 0. The molecule has 0 saturated heterocycles. The number of aromatic nitrogens is 1. The molecule has 0 unspecified atom stereocenters. The first-order valence-electron chi connectivity index (χ1n) is 16.2. The summed E-state index contributed by atoms with van der Waals surface area (Å²) >= 11 is 1.72. The van der Waals surface area contributed by atoms with E-state index in [0.717, 1.165) is 67.0 Å². The molecule has 1 aromatic heterocycles. The Balaban J connectivity index is 0.000000854. The van der Waals surface area contributed by atoms with Crippen LogP contribution in [-0.4, -0.2) is 49.8 Å². The van der Waals surface area contributed by atoms with Crippen molar-refractivity contribution in [1.29, 1.82) is 0 Å². The third-order valence-electron chi connectivity index (χ3n) is 9.19. The number of carboxylic acid groups (broad SMARTS) is 1. The lowest BCUT2D eigenvalue weighted by Crippen LogP contribution is -2.41. The molecule has 0 atom stereocenters. The van der Waals surface area contributed by atoms with E-state index in [0.29, 0.717) is 23.7 Å². The molecule has 3 aliphatic carbocycles. The zero-order valence-electron chi connectivity index (χ0n) is 26.8. The molecule has 1 aromatic carbocycles. The Kier molecular flexibility index (Phi) is 12.4. The maximum atomic E-state index is 14.0. The minimum absolute atomic E-state index is 0. The van der Waals surface area contributed by atoms with Crippen LogP contribution < -0.4 is 15.1 Å². The highest BCUT2D eigenvalue weighted by atomic mass is 32.2. The summed E-state index contributed by atoms with van der Waals surface area (Å²) in [5.74, 6) is 3.24. The number of hydrogen-bond donors (Lipinski definition) is 2. The Morgan fingerprint density at radius 2 is 1.66 bits per heavy atom. The van der Waals surface area contributed by atoms with Gasteiger partial charge < -0.3 is 20.2 Å². The Labute approximate surface area is 269 Å². The van der Waals surface area contributed by atoms with E-state index in [4.69, 9.17) is 5.11 Å². The summed E-state index contributed by atoms with van der Waals surface area (Å²) in [6.07, 6.45) is 13.9. The van der Waals surface area contributed by atoms with Gasteiger partial charge >= 0.3 is 6.09 Å². The number of benzene rings is 1. The molecule has 8 heteroatoms. The van der Waals surface area contributed by atoms with Crippen LogP contribution in [0.3, 0.4) is 0 Å². The number of thioether (sulfide) groups is 1. The molecule has 7 nitrogen and oxygen atoms in total. The number of nitrogens with zero attached hydrogens (tertiary/aromatic N) is 3. The van der Waals surface area contributed by atoms with Crippen LogP contribution in [0.2, 0.25) is 0 Å². The van der Waals surface area contributed by atoms with Gasteiger partial charge in [0.25, 0.3) is 0 Å². The van der Waals surface area contributed by atoms with Crippen molar-refractivity contribution in [3.63, 3.8) is 0 Å². The lowest BCUT2D eigenvalue weighted by atomic mass is 9.78. The smallest absolute Gasteiger partial charge is 0.404 e. The number of anilines is 2. The van der Waals surface area contributed by atoms with E-state index in [1.807, 2.05) is 24.3 Å². The highest BCUT2D eigenvalue weighted by Gasteiger charge is 2.31. The second kappa shape index (κ2) is 16.2. The third kappa shape index (κ3) is 9.62. The summed E-state index contributed by atoms with van der Waals surface area (Å²) in [7, 11) is 5.41. The van der Waals surface area contributed by atoms with Crippen LogP contribution in [0.1, 0.15) is 89.1 Å². The van der Waals surface area contributed by atoms with E-state index in [9.17, 15) is 9.59 Å². The topological polar surface area (TPSA) is 85.8 Å². The van der Waals surface area contributed by atoms with E-state index in [-0.39, 0.29) is 7.34 Å². The molecule has 1 heterocycles. The molecule has 240 valence electrons. The number of rotatable bonds is 10. The second-order valence-corrected chi connectivity index (χ2v) is 13.9. The largest absolute Gasteiger partial charge is 0.465 e. The monoisotopic (exact) mass is 620 g/mol. The molecule has 2 amide bonds. The van der Waals surface area contributed by atoms with Crippen molar-refractivity contribution in [2.24, 2.45) is 17.8 Å². The van der Waals surface area contributed by atoms with E-state index in [1.54, 1.807) is 11.8 Å². The zero-order chi connectivity index (χ0) is 31.6. The van der Waals surface area contributed by atoms with Crippen molar-refractivity contribution in [3.8, 4) is 0 Å². The van der Waals surface area contributed by atoms with Crippen molar-refractivity contribution >= 4 is 40.2 Å². The van der Waals surface area contributed by atoms with Gasteiger partial charge in [0.15, 0.2) is 0 Å². The number of pyridine rings is 1. The maximum absolute atomic E-state index is 14.0. The molecular weight excluding hydrogens is 568 g/mol. The van der Waals surface area contributed by atoms with Crippen molar-refractivity contribution in [2.75, 3.05) is 37.5 Å². The van der Waals surface area contributed by atoms with Gasteiger partial charge in [-0.05, 0) is 103 Å². The van der Waals surface area contributed by atoms with Gasteiger partial charge in [-0.25, -0.2) is 9.78 Å². The van der Waals surface area contributed by atoms with Crippen molar-refractivity contribution < 1.29 is 16.1 Å². The molecule has 44 heavy (non-hydrogen) atoms. The normalized spacial score (nSPS) is 20.1. The number of amides is 2. The molecule has 2 aromatic rings. The minimum Gasteiger partial charge on any atom is -0.465 e. The summed E-state index contributed by atoms with van der Waals surface area (Å²) in [5.41, 5.74) is 3.50. The van der Waals surface area contributed by atoms with Crippen LogP contribution in [-0.2, 0) is 4.79 Å². The van der Waals surface area contributed by atoms with Gasteiger partial charge in [-0.2, -0.15) is 0 Å². The SMILES string of the molecule is C=C(SC(=C)C1CC1)c1cccc(N(CC2CCC(c3ccc(N(C)C)nc3)CC2)C(=O)C2CCCCC2)c1.CNC(=O)O.[HH]. The predicted octanol–water partition coefficient (Wildman–Crippen LogP) is 8.79. The molecular formula is C36H52N4O3S. The highest BCUT2D eigenvalue weighted by Crippen LogP contribution is 2.46. The van der Waals surface area contributed by atoms with E-state index in [1.165, 1.54) is 49.6 Å². The van der Waals surface area contributed by atoms with Crippen molar-refractivity contribution in [3.05, 3.63) is 71.8 Å². The van der Waals surface area contributed by atoms with Gasteiger partial charge in [-0.3, -0.25) is 4.79 Å². The summed E-state index contributed by atoms with van der Waals surface area (Å²) in [6.45, 7) is 9.46. The van der Waals surface area contributed by atoms with Gasteiger partial charge in [0, 0.05) is 51.8 Å².